The Morgan fingerprint density at radius 3 is 2.69 bits per heavy atom. The van der Waals surface area contributed by atoms with E-state index in [0.29, 0.717) is 35.9 Å². The second-order valence-electron chi connectivity index (χ2n) is 7.50. The van der Waals surface area contributed by atoms with Crippen molar-refractivity contribution in [2.75, 3.05) is 13.3 Å². The molecule has 0 fully saturated rings. The number of ether oxygens (including phenoxy) is 2. The van der Waals surface area contributed by atoms with E-state index in [4.69, 9.17) is 14.0 Å². The molecule has 0 saturated heterocycles. The summed E-state index contributed by atoms with van der Waals surface area (Å²) in [7, 11) is 0. The van der Waals surface area contributed by atoms with Gasteiger partial charge < -0.3 is 24.2 Å². The molecule has 0 unspecified atom stereocenters. The molecule has 32 heavy (non-hydrogen) atoms. The smallest absolute Gasteiger partial charge is 0.273 e. The molecule has 0 spiro atoms. The topological polar surface area (TPSA) is 93.9 Å². The van der Waals surface area contributed by atoms with Gasteiger partial charge in [0.1, 0.15) is 0 Å². The summed E-state index contributed by atoms with van der Waals surface area (Å²) < 4.78 is 16.0. The molecule has 1 aromatic heterocycles. The van der Waals surface area contributed by atoms with Crippen LogP contribution in [0.4, 0.5) is 0 Å². The Hall–Kier alpha value is -3.81. The van der Waals surface area contributed by atoms with Crippen LogP contribution in [0.1, 0.15) is 51.9 Å². The minimum Gasteiger partial charge on any atom is -0.454 e. The Morgan fingerprint density at radius 1 is 1.06 bits per heavy atom. The molecular weight excluding hydrogens is 410 g/mol. The zero-order valence-corrected chi connectivity index (χ0v) is 17.9. The predicted octanol–water partition coefficient (Wildman–Crippen LogP) is 3.78. The van der Waals surface area contributed by atoms with Gasteiger partial charge in [0.25, 0.3) is 11.8 Å². The van der Waals surface area contributed by atoms with E-state index in [1.54, 1.807) is 23.1 Å². The standard InChI is InChI=1S/C24H25N3O5/c1-2-3-11-27(24(29)18-7-5-4-6-8-18)15-19-13-20(26-32-19)23(28)25-14-17-9-10-21-22(12-17)31-16-30-21/h4-10,12-13H,2-3,11,14-16H2,1H3,(H,25,28). The van der Waals surface area contributed by atoms with Crippen LogP contribution in [-0.4, -0.2) is 35.2 Å². The van der Waals surface area contributed by atoms with E-state index in [1.165, 1.54) is 0 Å². The molecular formula is C24H25N3O5. The highest BCUT2D eigenvalue weighted by Crippen LogP contribution is 2.32. The van der Waals surface area contributed by atoms with Gasteiger partial charge in [-0.15, -0.1) is 0 Å². The fourth-order valence-corrected chi connectivity index (χ4v) is 3.37. The average Bonchev–Trinajstić information content (AvgIpc) is 3.49. The monoisotopic (exact) mass is 435 g/mol. The van der Waals surface area contributed by atoms with E-state index < -0.39 is 0 Å². The van der Waals surface area contributed by atoms with Crippen LogP contribution in [0, 0.1) is 0 Å². The molecule has 3 aromatic rings. The van der Waals surface area contributed by atoms with Gasteiger partial charge >= 0.3 is 0 Å². The van der Waals surface area contributed by atoms with Crippen molar-refractivity contribution in [2.24, 2.45) is 0 Å². The number of amides is 2. The van der Waals surface area contributed by atoms with Crippen LogP contribution in [0.15, 0.2) is 59.1 Å². The third-order valence-corrected chi connectivity index (χ3v) is 5.12. The van der Waals surface area contributed by atoms with Crippen molar-refractivity contribution in [3.8, 4) is 11.5 Å². The van der Waals surface area contributed by atoms with E-state index in [0.717, 1.165) is 18.4 Å². The van der Waals surface area contributed by atoms with Gasteiger partial charge in [-0.05, 0) is 36.2 Å². The largest absolute Gasteiger partial charge is 0.454 e. The van der Waals surface area contributed by atoms with Gasteiger partial charge in [-0.1, -0.05) is 42.8 Å². The Morgan fingerprint density at radius 2 is 1.88 bits per heavy atom. The number of nitrogens with one attached hydrogen (secondary N) is 1. The van der Waals surface area contributed by atoms with Crippen LogP contribution in [0.5, 0.6) is 11.5 Å². The molecule has 2 amide bonds. The molecule has 1 aliphatic rings. The first-order valence-electron chi connectivity index (χ1n) is 10.6. The third-order valence-electron chi connectivity index (χ3n) is 5.12. The second kappa shape index (κ2) is 10.00. The van der Waals surface area contributed by atoms with Gasteiger partial charge in [-0.3, -0.25) is 9.59 Å². The number of aromatic nitrogens is 1. The Bertz CT molecular complexity index is 1080. The molecule has 2 heterocycles. The lowest BCUT2D eigenvalue weighted by Gasteiger charge is -2.21. The molecule has 1 aliphatic heterocycles. The van der Waals surface area contributed by atoms with Crippen LogP contribution in [0.25, 0.3) is 0 Å². The van der Waals surface area contributed by atoms with Gasteiger partial charge in [0.2, 0.25) is 6.79 Å². The third kappa shape index (κ3) is 5.08. The number of carbonyl (C=O) groups is 2. The first-order chi connectivity index (χ1) is 15.6. The van der Waals surface area contributed by atoms with Crippen LogP contribution >= 0.6 is 0 Å². The van der Waals surface area contributed by atoms with E-state index >= 15 is 0 Å². The van der Waals surface area contributed by atoms with Crippen molar-refractivity contribution in [1.29, 1.82) is 0 Å². The van der Waals surface area contributed by atoms with Crippen molar-refractivity contribution < 1.29 is 23.6 Å². The highest BCUT2D eigenvalue weighted by atomic mass is 16.7. The van der Waals surface area contributed by atoms with Gasteiger partial charge in [0, 0.05) is 24.7 Å². The SMILES string of the molecule is CCCCN(Cc1cc(C(=O)NCc2ccc3c(c2)OCO3)no1)C(=O)c1ccccc1. The number of rotatable bonds is 9. The molecule has 0 atom stereocenters. The lowest BCUT2D eigenvalue weighted by Crippen LogP contribution is -2.31. The highest BCUT2D eigenvalue weighted by Gasteiger charge is 2.20. The lowest BCUT2D eigenvalue weighted by atomic mass is 10.2. The van der Waals surface area contributed by atoms with Crippen molar-refractivity contribution >= 4 is 11.8 Å². The van der Waals surface area contributed by atoms with Crippen LogP contribution < -0.4 is 14.8 Å². The van der Waals surface area contributed by atoms with E-state index in [1.807, 2.05) is 36.4 Å². The molecule has 0 saturated carbocycles. The maximum Gasteiger partial charge on any atom is 0.273 e. The number of hydrogen-bond donors (Lipinski definition) is 1. The minimum atomic E-state index is -0.354. The van der Waals surface area contributed by atoms with Gasteiger partial charge in [-0.2, -0.15) is 0 Å². The van der Waals surface area contributed by atoms with Gasteiger partial charge in [-0.25, -0.2) is 0 Å². The molecule has 2 aromatic carbocycles. The number of hydrogen-bond acceptors (Lipinski definition) is 6. The number of benzene rings is 2. The summed E-state index contributed by atoms with van der Waals surface area (Å²) in [5.41, 5.74) is 1.67. The molecule has 8 nitrogen and oxygen atoms in total. The Balaban J connectivity index is 1.37. The van der Waals surface area contributed by atoms with Crippen LogP contribution in [-0.2, 0) is 13.1 Å². The maximum atomic E-state index is 12.9. The molecule has 166 valence electrons. The fraction of sp³-hybridized carbons (Fsp3) is 0.292. The van der Waals surface area contributed by atoms with E-state index in [-0.39, 0.29) is 30.8 Å². The summed E-state index contributed by atoms with van der Waals surface area (Å²) in [6.07, 6.45) is 1.83. The number of unbranched alkanes of at least 4 members (excludes halogenated alkanes) is 1. The Kier molecular flexibility index (Phi) is 6.69. The summed E-state index contributed by atoms with van der Waals surface area (Å²) in [6, 6.07) is 16.2. The van der Waals surface area contributed by atoms with Crippen LogP contribution in [0.2, 0.25) is 0 Å². The maximum absolute atomic E-state index is 12.9. The molecule has 8 heteroatoms. The molecule has 1 N–H and O–H groups in total. The van der Waals surface area contributed by atoms with E-state index in [9.17, 15) is 9.59 Å². The molecule has 0 radical (unpaired) electrons. The fourth-order valence-electron chi connectivity index (χ4n) is 3.37. The van der Waals surface area contributed by atoms with Gasteiger partial charge in [0.05, 0.1) is 6.54 Å². The predicted molar refractivity (Wildman–Crippen MR) is 116 cm³/mol. The van der Waals surface area contributed by atoms with Crippen LogP contribution in [0.3, 0.4) is 0 Å². The van der Waals surface area contributed by atoms with Gasteiger partial charge in [0.15, 0.2) is 23.0 Å². The molecule has 4 rings (SSSR count). The molecule has 0 aliphatic carbocycles. The minimum absolute atomic E-state index is 0.0794. The first-order valence-corrected chi connectivity index (χ1v) is 10.6. The number of nitrogens with zero attached hydrogens (tertiary/aromatic N) is 2. The zero-order valence-electron chi connectivity index (χ0n) is 17.9. The zero-order chi connectivity index (χ0) is 22.3. The molecule has 0 bridgehead atoms. The summed E-state index contributed by atoms with van der Waals surface area (Å²) in [5.74, 6) is 1.38. The quantitative estimate of drug-likeness (QED) is 0.550. The summed E-state index contributed by atoms with van der Waals surface area (Å²) in [4.78, 5) is 27.1. The second-order valence-corrected chi connectivity index (χ2v) is 7.50. The number of fused-ring (bicyclic) bond motifs is 1. The normalized spacial score (nSPS) is 11.9. The summed E-state index contributed by atoms with van der Waals surface area (Å²) in [6.45, 7) is 3.43. The van der Waals surface area contributed by atoms with Crippen molar-refractivity contribution in [3.63, 3.8) is 0 Å². The average molecular weight is 435 g/mol. The van der Waals surface area contributed by atoms with Crippen molar-refractivity contribution in [3.05, 3.63) is 77.2 Å². The Labute approximate surface area is 186 Å². The summed E-state index contributed by atoms with van der Waals surface area (Å²) >= 11 is 0. The lowest BCUT2D eigenvalue weighted by molar-refractivity contribution is 0.0724. The highest BCUT2D eigenvalue weighted by molar-refractivity contribution is 5.94. The first kappa shape index (κ1) is 21.4. The summed E-state index contributed by atoms with van der Waals surface area (Å²) in [5, 5.41) is 6.70. The number of carbonyl (C=O) groups excluding carboxylic acids is 2. The van der Waals surface area contributed by atoms with Crippen molar-refractivity contribution in [2.45, 2.75) is 32.9 Å². The van der Waals surface area contributed by atoms with E-state index in [2.05, 4.69) is 17.4 Å². The van der Waals surface area contributed by atoms with Crippen molar-refractivity contribution in [1.82, 2.24) is 15.4 Å².